The molecule has 0 aliphatic rings. The zero-order valence-electron chi connectivity index (χ0n) is 4.77. The van der Waals surface area contributed by atoms with Crippen LogP contribution in [-0.2, 0) is 4.79 Å². The Hall–Kier alpha value is -0.990. The molecular formula is C5H9NO2. The van der Waals surface area contributed by atoms with Gasteiger partial charge in [0.25, 0.3) is 0 Å². The third-order valence-corrected chi connectivity index (χ3v) is 0.541. The van der Waals surface area contributed by atoms with Gasteiger partial charge in [-0.3, -0.25) is 4.79 Å². The number of carbonyl (C=O) groups is 1. The molecule has 3 heteroatoms. The highest BCUT2D eigenvalue weighted by atomic mass is 16.3. The maximum absolute atomic E-state index is 10.1. The van der Waals surface area contributed by atoms with E-state index in [1.54, 1.807) is 0 Å². The van der Waals surface area contributed by atoms with Crippen molar-refractivity contribution in [1.82, 2.24) is 5.32 Å². The fourth-order valence-corrected chi connectivity index (χ4v) is 0.227. The maximum atomic E-state index is 10.1. The van der Waals surface area contributed by atoms with Crippen LogP contribution in [0.5, 0.6) is 0 Å². The Balaban J connectivity index is 3.18. The topological polar surface area (TPSA) is 49.3 Å². The van der Waals surface area contributed by atoms with Crippen molar-refractivity contribution in [3.05, 3.63) is 12.3 Å². The molecule has 0 spiro atoms. The third-order valence-electron chi connectivity index (χ3n) is 0.541. The highest BCUT2D eigenvalue weighted by molar-refractivity contribution is 5.72. The van der Waals surface area contributed by atoms with Crippen molar-refractivity contribution in [3.8, 4) is 0 Å². The van der Waals surface area contributed by atoms with Crippen LogP contribution in [0.1, 0.15) is 6.92 Å². The van der Waals surface area contributed by atoms with Crippen LogP contribution >= 0.6 is 0 Å². The Labute approximate surface area is 48.0 Å². The number of hydrogen-bond acceptors (Lipinski definition) is 2. The molecule has 0 fully saturated rings. The molecule has 0 saturated heterocycles. The molecule has 0 heterocycles. The van der Waals surface area contributed by atoms with Gasteiger partial charge in [-0.05, 0) is 0 Å². The van der Waals surface area contributed by atoms with Crippen molar-refractivity contribution in [2.45, 2.75) is 6.92 Å². The molecule has 8 heavy (non-hydrogen) atoms. The van der Waals surface area contributed by atoms with Gasteiger partial charge < -0.3 is 10.4 Å². The quantitative estimate of drug-likeness (QED) is 0.505. The molecule has 2 N–H and O–H groups in total. The van der Waals surface area contributed by atoms with E-state index in [-0.39, 0.29) is 18.2 Å². The van der Waals surface area contributed by atoms with Crippen molar-refractivity contribution >= 4 is 5.91 Å². The highest BCUT2D eigenvalue weighted by Crippen LogP contribution is 1.74. The molecule has 0 aliphatic heterocycles. The summed E-state index contributed by atoms with van der Waals surface area (Å²) >= 11 is 0. The van der Waals surface area contributed by atoms with Gasteiger partial charge >= 0.3 is 0 Å². The fourth-order valence-electron chi connectivity index (χ4n) is 0.227. The Morgan fingerprint density at radius 1 is 1.88 bits per heavy atom. The number of carbonyl (C=O) groups excluding carboxylic acids is 1. The first-order valence-electron chi connectivity index (χ1n) is 2.24. The molecule has 0 radical (unpaired) electrons. The van der Waals surface area contributed by atoms with Crippen molar-refractivity contribution in [2.24, 2.45) is 0 Å². The predicted molar refractivity (Wildman–Crippen MR) is 30.5 cm³/mol. The summed E-state index contributed by atoms with van der Waals surface area (Å²) in [5.41, 5.74) is 0. The third kappa shape index (κ3) is 5.01. The standard InChI is InChI=1S/C5H9NO2/c1-4(7)3-6-5(2)8/h7H,1,3H2,2H3,(H,6,8). The Bertz CT molecular complexity index is 95.0. The molecule has 46 valence electrons. The lowest BCUT2D eigenvalue weighted by molar-refractivity contribution is -0.118. The van der Waals surface area contributed by atoms with E-state index in [2.05, 4.69) is 11.9 Å². The molecule has 0 atom stereocenters. The van der Waals surface area contributed by atoms with Gasteiger partial charge in [0.2, 0.25) is 5.91 Å². The average molecular weight is 115 g/mol. The number of hydrogen-bond donors (Lipinski definition) is 2. The normalized spacial score (nSPS) is 8.12. The van der Waals surface area contributed by atoms with Gasteiger partial charge in [0.15, 0.2) is 0 Å². The van der Waals surface area contributed by atoms with E-state index < -0.39 is 0 Å². The van der Waals surface area contributed by atoms with Gasteiger partial charge in [-0.25, -0.2) is 0 Å². The van der Waals surface area contributed by atoms with E-state index in [0.717, 1.165) is 0 Å². The molecule has 1 amide bonds. The van der Waals surface area contributed by atoms with E-state index in [1.807, 2.05) is 0 Å². The van der Waals surface area contributed by atoms with Crippen LogP contribution in [0.25, 0.3) is 0 Å². The highest BCUT2D eigenvalue weighted by Gasteiger charge is 1.88. The number of aliphatic hydroxyl groups excluding tert-OH is 1. The van der Waals surface area contributed by atoms with Crippen LogP contribution in [0.3, 0.4) is 0 Å². The van der Waals surface area contributed by atoms with Gasteiger partial charge in [0.05, 0.1) is 6.54 Å². The largest absolute Gasteiger partial charge is 0.511 e. The Kier molecular flexibility index (Phi) is 2.69. The zero-order valence-corrected chi connectivity index (χ0v) is 4.77. The summed E-state index contributed by atoms with van der Waals surface area (Å²) in [4.78, 5) is 10.1. The Morgan fingerprint density at radius 2 is 2.38 bits per heavy atom. The molecule has 3 nitrogen and oxygen atoms in total. The number of aliphatic hydroxyl groups is 1. The summed E-state index contributed by atoms with van der Waals surface area (Å²) in [6.45, 7) is 4.69. The SMILES string of the molecule is C=C(O)CNC(C)=O. The van der Waals surface area contributed by atoms with Gasteiger partial charge in [0, 0.05) is 6.92 Å². The second-order valence-electron chi connectivity index (χ2n) is 1.48. The number of amides is 1. The number of nitrogens with one attached hydrogen (secondary N) is 1. The first-order chi connectivity index (χ1) is 3.63. The maximum Gasteiger partial charge on any atom is 0.217 e. The second-order valence-corrected chi connectivity index (χ2v) is 1.48. The van der Waals surface area contributed by atoms with Gasteiger partial charge in [-0.1, -0.05) is 6.58 Å². The molecule has 0 rings (SSSR count). The van der Waals surface area contributed by atoms with Gasteiger partial charge in [-0.15, -0.1) is 0 Å². The lowest BCUT2D eigenvalue weighted by atomic mass is 10.5. The molecule has 0 aromatic heterocycles. The van der Waals surface area contributed by atoms with E-state index >= 15 is 0 Å². The first-order valence-corrected chi connectivity index (χ1v) is 2.24. The summed E-state index contributed by atoms with van der Waals surface area (Å²) in [6.07, 6.45) is 0. The van der Waals surface area contributed by atoms with Crippen molar-refractivity contribution in [2.75, 3.05) is 6.54 Å². The smallest absolute Gasteiger partial charge is 0.217 e. The minimum Gasteiger partial charge on any atom is -0.511 e. The monoisotopic (exact) mass is 115 g/mol. The Morgan fingerprint density at radius 3 is 2.50 bits per heavy atom. The van der Waals surface area contributed by atoms with Crippen LogP contribution in [0.2, 0.25) is 0 Å². The summed E-state index contributed by atoms with van der Waals surface area (Å²) in [6, 6.07) is 0. The zero-order chi connectivity index (χ0) is 6.57. The van der Waals surface area contributed by atoms with Gasteiger partial charge in [0.1, 0.15) is 5.76 Å². The summed E-state index contributed by atoms with van der Waals surface area (Å²) < 4.78 is 0. The number of rotatable bonds is 2. The molecule has 0 aliphatic carbocycles. The van der Waals surface area contributed by atoms with E-state index in [0.29, 0.717) is 0 Å². The van der Waals surface area contributed by atoms with Crippen LogP contribution in [-0.4, -0.2) is 17.6 Å². The van der Waals surface area contributed by atoms with Crippen molar-refractivity contribution in [1.29, 1.82) is 0 Å². The van der Waals surface area contributed by atoms with Crippen LogP contribution < -0.4 is 5.32 Å². The average Bonchev–Trinajstić information content (AvgIpc) is 1.61. The summed E-state index contributed by atoms with van der Waals surface area (Å²) in [5.74, 6) is -0.194. The minimum absolute atomic E-state index is 0.0276. The molecule has 0 aromatic rings. The van der Waals surface area contributed by atoms with Gasteiger partial charge in [-0.2, -0.15) is 0 Å². The van der Waals surface area contributed by atoms with E-state index in [1.165, 1.54) is 6.92 Å². The predicted octanol–water partition coefficient (Wildman–Crippen LogP) is 0.194. The lowest BCUT2D eigenvalue weighted by Gasteiger charge is -1.96. The van der Waals surface area contributed by atoms with Crippen molar-refractivity contribution in [3.63, 3.8) is 0 Å². The summed E-state index contributed by atoms with van der Waals surface area (Å²) in [5, 5.41) is 10.7. The van der Waals surface area contributed by atoms with Crippen LogP contribution in [0.15, 0.2) is 12.3 Å². The van der Waals surface area contributed by atoms with E-state index in [4.69, 9.17) is 5.11 Å². The summed E-state index contributed by atoms with van der Waals surface area (Å²) in [7, 11) is 0. The van der Waals surface area contributed by atoms with Crippen molar-refractivity contribution < 1.29 is 9.90 Å². The first kappa shape index (κ1) is 7.01. The van der Waals surface area contributed by atoms with Crippen LogP contribution in [0, 0.1) is 0 Å². The molecule has 0 aromatic carbocycles. The molecular weight excluding hydrogens is 106 g/mol. The molecule has 0 saturated carbocycles. The molecule has 0 unspecified atom stereocenters. The molecule has 0 bridgehead atoms. The lowest BCUT2D eigenvalue weighted by Crippen LogP contribution is -2.21. The minimum atomic E-state index is -0.166. The second kappa shape index (κ2) is 3.07. The fraction of sp³-hybridized carbons (Fsp3) is 0.400. The van der Waals surface area contributed by atoms with E-state index in [9.17, 15) is 4.79 Å². The van der Waals surface area contributed by atoms with Crippen LogP contribution in [0.4, 0.5) is 0 Å².